The summed E-state index contributed by atoms with van der Waals surface area (Å²) >= 11 is 5.90. The molecular formula is C16H17ClN2O2. The number of carbonyl (C=O) groups excluding carboxylic acids is 1. The zero-order chi connectivity index (χ0) is 14.8. The molecule has 1 amide bonds. The molecule has 21 heavy (non-hydrogen) atoms. The third-order valence-corrected chi connectivity index (χ3v) is 3.87. The van der Waals surface area contributed by atoms with Crippen molar-refractivity contribution >= 4 is 17.5 Å². The van der Waals surface area contributed by atoms with E-state index in [0.717, 1.165) is 18.4 Å². The van der Waals surface area contributed by atoms with Gasteiger partial charge in [-0.25, -0.2) is 0 Å². The molecule has 1 heterocycles. The Balaban J connectivity index is 1.77. The average Bonchev–Trinajstić information content (AvgIpc) is 3.22. The summed E-state index contributed by atoms with van der Waals surface area (Å²) in [4.78, 5) is 14.5. The Hall–Kier alpha value is -1.78. The van der Waals surface area contributed by atoms with Gasteiger partial charge >= 0.3 is 0 Å². The van der Waals surface area contributed by atoms with Gasteiger partial charge in [0.2, 0.25) is 0 Å². The van der Waals surface area contributed by atoms with Crippen molar-refractivity contribution in [2.24, 2.45) is 5.73 Å². The molecule has 0 aliphatic heterocycles. The lowest BCUT2D eigenvalue weighted by atomic mass is 10.2. The number of halogens is 1. The summed E-state index contributed by atoms with van der Waals surface area (Å²) in [7, 11) is 0. The van der Waals surface area contributed by atoms with E-state index in [9.17, 15) is 4.79 Å². The van der Waals surface area contributed by atoms with Gasteiger partial charge in [0.15, 0.2) is 0 Å². The van der Waals surface area contributed by atoms with Gasteiger partial charge in [0.1, 0.15) is 12.0 Å². The molecule has 5 heteroatoms. The molecule has 110 valence electrons. The van der Waals surface area contributed by atoms with Gasteiger partial charge < -0.3 is 15.1 Å². The van der Waals surface area contributed by atoms with Gasteiger partial charge in [-0.15, -0.1) is 0 Å². The van der Waals surface area contributed by atoms with Gasteiger partial charge in [0, 0.05) is 17.6 Å². The largest absolute Gasteiger partial charge is 0.467 e. The number of nitrogens with zero attached hydrogens (tertiary/aromatic N) is 1. The predicted molar refractivity (Wildman–Crippen MR) is 80.9 cm³/mol. The van der Waals surface area contributed by atoms with Gasteiger partial charge in [0.25, 0.3) is 5.91 Å². The van der Waals surface area contributed by atoms with Crippen molar-refractivity contribution in [2.75, 3.05) is 0 Å². The molecule has 2 N–H and O–H groups in total. The zero-order valence-electron chi connectivity index (χ0n) is 11.6. The minimum absolute atomic E-state index is 0.00380. The van der Waals surface area contributed by atoms with Crippen LogP contribution in [0, 0.1) is 0 Å². The molecule has 1 aromatic carbocycles. The highest BCUT2D eigenvalue weighted by Crippen LogP contribution is 2.30. The van der Waals surface area contributed by atoms with E-state index < -0.39 is 0 Å². The van der Waals surface area contributed by atoms with Gasteiger partial charge in [0.05, 0.1) is 12.1 Å². The minimum atomic E-state index is -0.00380. The first-order valence-electron chi connectivity index (χ1n) is 7.00. The van der Waals surface area contributed by atoms with E-state index >= 15 is 0 Å². The van der Waals surface area contributed by atoms with Crippen molar-refractivity contribution in [3.63, 3.8) is 0 Å². The lowest BCUT2D eigenvalue weighted by Crippen LogP contribution is -2.32. The van der Waals surface area contributed by atoms with Gasteiger partial charge in [-0.2, -0.15) is 0 Å². The summed E-state index contributed by atoms with van der Waals surface area (Å²) in [5.74, 6) is 0.622. The molecule has 1 fully saturated rings. The molecule has 1 aliphatic carbocycles. The number of carbonyl (C=O) groups is 1. The Morgan fingerprint density at radius 2 is 2.05 bits per heavy atom. The number of hydrogen-bond acceptors (Lipinski definition) is 3. The third kappa shape index (κ3) is 3.28. The number of benzene rings is 1. The number of rotatable bonds is 5. The van der Waals surface area contributed by atoms with Gasteiger partial charge in [-0.3, -0.25) is 4.79 Å². The molecule has 1 saturated carbocycles. The van der Waals surface area contributed by atoms with E-state index in [4.69, 9.17) is 21.8 Å². The van der Waals surface area contributed by atoms with E-state index in [1.807, 2.05) is 29.2 Å². The topological polar surface area (TPSA) is 59.5 Å². The summed E-state index contributed by atoms with van der Waals surface area (Å²) in [5, 5.41) is 0.700. The van der Waals surface area contributed by atoms with E-state index in [1.165, 1.54) is 6.26 Å². The Bertz CT molecular complexity index is 632. The lowest BCUT2D eigenvalue weighted by molar-refractivity contribution is 0.0729. The second-order valence-corrected chi connectivity index (χ2v) is 5.73. The summed E-state index contributed by atoms with van der Waals surface area (Å²) in [5.41, 5.74) is 7.16. The maximum atomic E-state index is 12.6. The molecule has 0 atom stereocenters. The molecule has 3 rings (SSSR count). The van der Waals surface area contributed by atoms with Crippen molar-refractivity contribution in [3.05, 3.63) is 58.5 Å². The SMILES string of the molecule is NCc1cc(C(=O)N(Cc2ccc(Cl)cc2)C2CC2)co1. The highest BCUT2D eigenvalue weighted by atomic mass is 35.5. The second kappa shape index (κ2) is 5.92. The fourth-order valence-electron chi connectivity index (χ4n) is 2.31. The van der Waals surface area contributed by atoms with E-state index in [2.05, 4.69) is 0 Å². The quantitative estimate of drug-likeness (QED) is 0.923. The molecule has 0 unspecified atom stereocenters. The van der Waals surface area contributed by atoms with Crippen molar-refractivity contribution in [1.82, 2.24) is 4.90 Å². The van der Waals surface area contributed by atoms with Crippen LogP contribution in [-0.4, -0.2) is 16.8 Å². The Morgan fingerprint density at radius 3 is 2.62 bits per heavy atom. The standard InChI is InChI=1S/C16H17ClN2O2/c17-13-3-1-11(2-4-13)9-19(14-5-6-14)16(20)12-7-15(8-18)21-10-12/h1-4,7,10,14H,5-6,8-9,18H2. The Morgan fingerprint density at radius 1 is 1.33 bits per heavy atom. The summed E-state index contributed by atoms with van der Waals surface area (Å²) in [6.45, 7) is 0.887. The fraction of sp³-hybridized carbons (Fsp3) is 0.312. The normalized spacial score (nSPS) is 14.2. The molecule has 1 aromatic heterocycles. The zero-order valence-corrected chi connectivity index (χ0v) is 12.3. The van der Waals surface area contributed by atoms with Crippen LogP contribution >= 0.6 is 11.6 Å². The maximum Gasteiger partial charge on any atom is 0.257 e. The van der Waals surface area contributed by atoms with E-state index in [-0.39, 0.29) is 5.91 Å². The van der Waals surface area contributed by atoms with Crippen molar-refractivity contribution in [2.45, 2.75) is 32.0 Å². The number of hydrogen-bond donors (Lipinski definition) is 1. The van der Waals surface area contributed by atoms with Crippen LogP contribution < -0.4 is 5.73 Å². The van der Waals surface area contributed by atoms with Crippen LogP contribution in [0.25, 0.3) is 0 Å². The average molecular weight is 305 g/mol. The van der Waals surface area contributed by atoms with Crippen LogP contribution in [0.5, 0.6) is 0 Å². The lowest BCUT2D eigenvalue weighted by Gasteiger charge is -2.22. The Labute approximate surface area is 128 Å². The van der Waals surface area contributed by atoms with E-state index in [1.54, 1.807) is 6.07 Å². The van der Waals surface area contributed by atoms with Crippen LogP contribution in [0.3, 0.4) is 0 Å². The van der Waals surface area contributed by atoms with E-state index in [0.29, 0.717) is 35.5 Å². The number of nitrogens with two attached hydrogens (primary N) is 1. The van der Waals surface area contributed by atoms with Crippen LogP contribution in [0.2, 0.25) is 5.02 Å². The molecule has 0 bridgehead atoms. The monoisotopic (exact) mass is 304 g/mol. The molecule has 0 radical (unpaired) electrons. The maximum absolute atomic E-state index is 12.6. The highest BCUT2D eigenvalue weighted by molar-refractivity contribution is 6.30. The van der Waals surface area contributed by atoms with Gasteiger partial charge in [-0.1, -0.05) is 23.7 Å². The van der Waals surface area contributed by atoms with Gasteiger partial charge in [-0.05, 0) is 36.6 Å². The fourth-order valence-corrected chi connectivity index (χ4v) is 2.43. The first-order chi connectivity index (χ1) is 10.2. The second-order valence-electron chi connectivity index (χ2n) is 5.30. The van der Waals surface area contributed by atoms with Crippen LogP contribution in [0.15, 0.2) is 41.0 Å². The van der Waals surface area contributed by atoms with Crippen LogP contribution in [0.4, 0.5) is 0 Å². The van der Waals surface area contributed by atoms with Crippen molar-refractivity contribution in [3.8, 4) is 0 Å². The summed E-state index contributed by atoms with van der Waals surface area (Å²) in [6, 6.07) is 9.63. The summed E-state index contributed by atoms with van der Waals surface area (Å²) in [6.07, 6.45) is 3.60. The molecule has 0 saturated heterocycles. The first kappa shape index (κ1) is 14.2. The minimum Gasteiger partial charge on any atom is -0.467 e. The number of furan rings is 1. The molecule has 4 nitrogen and oxygen atoms in total. The molecule has 0 spiro atoms. The van der Waals surface area contributed by atoms with Crippen molar-refractivity contribution < 1.29 is 9.21 Å². The van der Waals surface area contributed by atoms with Crippen LogP contribution in [-0.2, 0) is 13.1 Å². The molecular weight excluding hydrogens is 288 g/mol. The first-order valence-corrected chi connectivity index (χ1v) is 7.38. The number of amides is 1. The summed E-state index contributed by atoms with van der Waals surface area (Å²) < 4.78 is 5.26. The third-order valence-electron chi connectivity index (χ3n) is 3.62. The Kier molecular flexibility index (Phi) is 3.99. The smallest absolute Gasteiger partial charge is 0.257 e. The predicted octanol–water partition coefficient (Wildman–Crippen LogP) is 3.20. The molecule has 2 aromatic rings. The highest BCUT2D eigenvalue weighted by Gasteiger charge is 2.33. The molecule has 1 aliphatic rings. The van der Waals surface area contributed by atoms with Crippen molar-refractivity contribution in [1.29, 1.82) is 0 Å². The van der Waals surface area contributed by atoms with Crippen LogP contribution in [0.1, 0.15) is 34.5 Å².